The van der Waals surface area contributed by atoms with Gasteiger partial charge >= 0.3 is 23.1 Å². The Kier molecular flexibility index (Phi) is 4.59. The second kappa shape index (κ2) is 4.83. The second-order valence-corrected chi connectivity index (χ2v) is 5.61. The summed E-state index contributed by atoms with van der Waals surface area (Å²) in [7, 11) is 0. The summed E-state index contributed by atoms with van der Waals surface area (Å²) in [5.41, 5.74) is -0.507. The van der Waals surface area contributed by atoms with Crippen LogP contribution < -0.4 is 22.1 Å². The van der Waals surface area contributed by atoms with E-state index in [0.29, 0.717) is 11.8 Å². The molecule has 82 valence electrons. The molecule has 0 N–H and O–H groups in total. The van der Waals surface area contributed by atoms with Crippen LogP contribution in [0, 0.1) is 23.7 Å². The van der Waals surface area contributed by atoms with E-state index in [9.17, 15) is 5.11 Å². The van der Waals surface area contributed by atoms with Gasteiger partial charge in [-0.25, -0.2) is 0 Å². The van der Waals surface area contributed by atoms with Crippen molar-refractivity contribution in [2.75, 3.05) is 0 Å². The summed E-state index contributed by atoms with van der Waals surface area (Å²) in [6, 6.07) is 0. The molecule has 0 unspecified atom stereocenters. The van der Waals surface area contributed by atoms with Crippen molar-refractivity contribution in [3.8, 4) is 0 Å². The Morgan fingerprint density at radius 2 is 1.40 bits per heavy atom. The van der Waals surface area contributed by atoms with Crippen LogP contribution in [0.4, 0.5) is 0 Å². The van der Waals surface area contributed by atoms with E-state index < -0.39 is 5.60 Å². The summed E-state index contributed by atoms with van der Waals surface area (Å²) in [5, 5.41) is 12.6. The topological polar surface area (TPSA) is 23.1 Å². The Balaban J connectivity index is 0.000000562. The van der Waals surface area contributed by atoms with E-state index in [-0.39, 0.29) is 40.0 Å². The molecule has 1 nitrogen and oxygen atoms in total. The van der Waals surface area contributed by atoms with Crippen LogP contribution in [0.3, 0.4) is 0 Å². The molecule has 4 fully saturated rings. The van der Waals surface area contributed by atoms with Crippen LogP contribution >= 0.6 is 0 Å². The van der Waals surface area contributed by atoms with Crippen LogP contribution in [0.2, 0.25) is 0 Å². The van der Waals surface area contributed by atoms with Crippen LogP contribution in [0.5, 0.6) is 0 Å². The molecule has 4 bridgehead atoms. The van der Waals surface area contributed by atoms with Gasteiger partial charge in [-0.05, 0) is 43.9 Å². The molecular weight excluding hydrogens is 264 g/mol. The van der Waals surface area contributed by atoms with Crippen molar-refractivity contribution < 1.29 is 22.1 Å². The summed E-state index contributed by atoms with van der Waals surface area (Å²) in [4.78, 5) is 0. The zero-order chi connectivity index (χ0) is 9.05. The smallest absolute Gasteiger partial charge is 1.00 e. The molecule has 0 atom stereocenters. The fourth-order valence-corrected chi connectivity index (χ4v) is 4.56. The minimum Gasteiger partial charge on any atom is -1.00 e. The maximum absolute atomic E-state index is 12.6. The van der Waals surface area contributed by atoms with Gasteiger partial charge in [0.25, 0.3) is 0 Å². The Morgan fingerprint density at radius 3 is 1.73 bits per heavy atom. The average Bonchev–Trinajstić information content (AvgIpc) is 2.13. The number of halogens is 1. The average molecular weight is 283 g/mol. The van der Waals surface area contributed by atoms with Crippen molar-refractivity contribution >= 4 is 23.1 Å². The minimum absolute atomic E-state index is 0. The van der Waals surface area contributed by atoms with Gasteiger partial charge in [-0.2, -0.15) is 0 Å². The largest absolute Gasteiger partial charge is 2.00 e. The number of rotatable bonds is 1. The zero-order valence-electron chi connectivity index (χ0n) is 9.55. The predicted octanol–water partition coefficient (Wildman–Crippen LogP) is -1.43. The Bertz CT molecular complexity index is 204. The van der Waals surface area contributed by atoms with E-state index in [1.54, 1.807) is 0 Å². The third kappa shape index (κ3) is 2.02. The molecule has 0 spiro atoms. The van der Waals surface area contributed by atoms with Crippen molar-refractivity contribution in [2.45, 2.75) is 51.0 Å². The Labute approximate surface area is 119 Å². The quantitative estimate of drug-likeness (QED) is 0.542. The molecule has 3 heteroatoms. The summed E-state index contributed by atoms with van der Waals surface area (Å²) >= 11 is 0. The van der Waals surface area contributed by atoms with Crippen LogP contribution in [-0.2, 0) is 0 Å². The molecule has 0 radical (unpaired) electrons. The maximum Gasteiger partial charge on any atom is 2.00 e. The Hall–Kier alpha value is 1.21. The van der Waals surface area contributed by atoms with E-state index >= 15 is 0 Å². The van der Waals surface area contributed by atoms with Crippen LogP contribution in [0.15, 0.2) is 0 Å². The molecule has 0 aromatic rings. The van der Waals surface area contributed by atoms with Gasteiger partial charge in [-0.15, -0.1) is 5.60 Å². The van der Waals surface area contributed by atoms with Gasteiger partial charge in [0.15, 0.2) is 0 Å². The van der Waals surface area contributed by atoms with E-state index in [2.05, 4.69) is 6.92 Å². The van der Waals surface area contributed by atoms with Gasteiger partial charge in [0.2, 0.25) is 0 Å². The van der Waals surface area contributed by atoms with Gasteiger partial charge in [-0.1, -0.05) is 25.2 Å². The molecule has 4 aliphatic carbocycles. The molecular formula is C12H19BrMgO. The molecule has 4 rings (SSSR count). The number of hydrogen-bond acceptors (Lipinski definition) is 1. The molecule has 0 saturated heterocycles. The fraction of sp³-hybridized carbons (Fsp3) is 1.00. The summed E-state index contributed by atoms with van der Waals surface area (Å²) < 4.78 is 0. The van der Waals surface area contributed by atoms with Gasteiger partial charge < -0.3 is 22.1 Å². The first-order chi connectivity index (χ1) is 6.22. The van der Waals surface area contributed by atoms with Crippen molar-refractivity contribution in [3.05, 3.63) is 0 Å². The zero-order valence-corrected chi connectivity index (χ0v) is 12.5. The first-order valence-corrected chi connectivity index (χ1v) is 5.92. The monoisotopic (exact) mass is 282 g/mol. The van der Waals surface area contributed by atoms with E-state index in [0.717, 1.165) is 18.3 Å². The molecule has 0 aliphatic heterocycles. The van der Waals surface area contributed by atoms with Gasteiger partial charge in [0.05, 0.1) is 0 Å². The van der Waals surface area contributed by atoms with Gasteiger partial charge in [0.1, 0.15) is 0 Å². The second-order valence-electron chi connectivity index (χ2n) is 5.61. The predicted molar refractivity (Wildman–Crippen MR) is 55.8 cm³/mol. The van der Waals surface area contributed by atoms with Crippen LogP contribution in [0.25, 0.3) is 0 Å². The van der Waals surface area contributed by atoms with Crippen molar-refractivity contribution in [3.63, 3.8) is 0 Å². The van der Waals surface area contributed by atoms with Crippen molar-refractivity contribution in [1.82, 2.24) is 0 Å². The van der Waals surface area contributed by atoms with Crippen molar-refractivity contribution in [1.29, 1.82) is 0 Å². The third-order valence-electron chi connectivity index (χ3n) is 5.07. The summed E-state index contributed by atoms with van der Waals surface area (Å²) in [6.45, 7) is 2.11. The third-order valence-corrected chi connectivity index (χ3v) is 5.07. The molecule has 0 aromatic heterocycles. The first kappa shape index (κ1) is 14.3. The molecule has 0 aromatic carbocycles. The molecule has 15 heavy (non-hydrogen) atoms. The molecule has 0 heterocycles. The van der Waals surface area contributed by atoms with E-state index in [4.69, 9.17) is 0 Å². The number of hydrogen-bond donors (Lipinski definition) is 0. The van der Waals surface area contributed by atoms with Gasteiger partial charge in [-0.3, -0.25) is 0 Å². The molecule has 4 aliphatic rings. The SMILES string of the molecule is CCC1([O-])C2CC3CC(C2)CC1C3.[Br-].[Mg+2]. The first-order valence-electron chi connectivity index (χ1n) is 5.92. The molecule has 4 saturated carbocycles. The molecule has 0 amide bonds. The normalized spacial score (nSPS) is 50.8. The summed E-state index contributed by atoms with van der Waals surface area (Å²) in [6.07, 6.45) is 7.40. The van der Waals surface area contributed by atoms with E-state index in [1.165, 1.54) is 32.1 Å². The van der Waals surface area contributed by atoms with Crippen LogP contribution in [-0.4, -0.2) is 28.7 Å². The Morgan fingerprint density at radius 1 is 1.00 bits per heavy atom. The van der Waals surface area contributed by atoms with E-state index in [1.807, 2.05) is 0 Å². The minimum atomic E-state index is -0.507. The van der Waals surface area contributed by atoms with Crippen molar-refractivity contribution in [2.24, 2.45) is 23.7 Å². The maximum atomic E-state index is 12.6. The van der Waals surface area contributed by atoms with Gasteiger partial charge in [0, 0.05) is 0 Å². The standard InChI is InChI=1S/C12H19O.BrH.Mg/c1-2-12(13)10-4-8-3-9(6-10)7-11(12)5-8;;/h8-11H,2-7H2,1H3;1H;/q-1;;+2/p-1. The van der Waals surface area contributed by atoms with Crippen LogP contribution in [0.1, 0.15) is 45.4 Å². The summed E-state index contributed by atoms with van der Waals surface area (Å²) in [5.74, 6) is 2.98. The fourth-order valence-electron chi connectivity index (χ4n) is 4.56.